The van der Waals surface area contributed by atoms with Gasteiger partial charge in [0.25, 0.3) is 5.91 Å². The molecule has 0 aliphatic rings. The van der Waals surface area contributed by atoms with Crippen molar-refractivity contribution in [3.8, 4) is 17.2 Å². The third-order valence-corrected chi connectivity index (χ3v) is 5.63. The first-order valence-electron chi connectivity index (χ1n) is 10.7. The number of nitrogens with two attached hydrogens (primary N) is 1. The molecule has 34 heavy (non-hydrogen) atoms. The van der Waals surface area contributed by atoms with E-state index in [2.05, 4.69) is 5.32 Å². The number of nitrogens with zero attached hydrogens (tertiary/aromatic N) is 3. The molecule has 170 valence electrons. The van der Waals surface area contributed by atoms with Gasteiger partial charge in [0, 0.05) is 17.4 Å². The molecule has 0 aliphatic carbocycles. The number of carbonyl (C=O) groups excluding carboxylic acids is 1. The summed E-state index contributed by atoms with van der Waals surface area (Å²) in [6.07, 6.45) is 0. The lowest BCUT2D eigenvalue weighted by Crippen LogP contribution is -2.14. The number of rotatable bonds is 5. The first-order valence-corrected chi connectivity index (χ1v) is 10.7. The van der Waals surface area contributed by atoms with Crippen molar-refractivity contribution in [1.82, 2.24) is 14.5 Å². The predicted octanol–water partition coefficient (Wildman–Crippen LogP) is 4.73. The Hall–Kier alpha value is -4.59. The number of ether oxygens (including phenoxy) is 2. The van der Waals surface area contributed by atoms with Gasteiger partial charge in [-0.05, 0) is 48.9 Å². The van der Waals surface area contributed by atoms with E-state index in [0.29, 0.717) is 39.4 Å². The van der Waals surface area contributed by atoms with Gasteiger partial charge in [0.15, 0.2) is 17.1 Å². The summed E-state index contributed by atoms with van der Waals surface area (Å²) in [4.78, 5) is 23.1. The molecule has 0 atom stereocenters. The van der Waals surface area contributed by atoms with Crippen LogP contribution in [0.1, 0.15) is 15.9 Å². The number of amides is 1. The molecule has 8 nitrogen and oxygen atoms in total. The molecular formula is C26H23N5O3. The van der Waals surface area contributed by atoms with Gasteiger partial charge in [-0.1, -0.05) is 24.3 Å². The molecular weight excluding hydrogens is 430 g/mol. The summed E-state index contributed by atoms with van der Waals surface area (Å²) in [6, 6.07) is 20.5. The second-order valence-electron chi connectivity index (χ2n) is 7.84. The van der Waals surface area contributed by atoms with Crippen LogP contribution in [-0.2, 0) is 0 Å². The van der Waals surface area contributed by atoms with Crippen molar-refractivity contribution < 1.29 is 14.3 Å². The Kier molecular flexibility index (Phi) is 5.25. The maximum atomic E-state index is 13.5. The van der Waals surface area contributed by atoms with Crippen LogP contribution in [0.15, 0.2) is 66.7 Å². The zero-order valence-electron chi connectivity index (χ0n) is 19.0. The highest BCUT2D eigenvalue weighted by Crippen LogP contribution is 2.33. The van der Waals surface area contributed by atoms with Crippen LogP contribution in [0.4, 0.5) is 11.5 Å². The minimum Gasteiger partial charge on any atom is -0.493 e. The summed E-state index contributed by atoms with van der Waals surface area (Å²) in [6.45, 7) is 2.00. The third kappa shape index (κ3) is 3.55. The highest BCUT2D eigenvalue weighted by atomic mass is 16.5. The Morgan fingerprint density at radius 3 is 2.35 bits per heavy atom. The van der Waals surface area contributed by atoms with Crippen molar-refractivity contribution in [3.05, 3.63) is 77.9 Å². The fourth-order valence-corrected chi connectivity index (χ4v) is 4.02. The van der Waals surface area contributed by atoms with E-state index in [1.54, 1.807) is 29.9 Å². The smallest absolute Gasteiger partial charge is 0.261 e. The Balaban J connectivity index is 1.69. The lowest BCUT2D eigenvalue weighted by atomic mass is 10.2. The van der Waals surface area contributed by atoms with Crippen LogP contribution in [0.3, 0.4) is 0 Å². The molecule has 2 heterocycles. The zero-order chi connectivity index (χ0) is 23.8. The number of aromatic nitrogens is 3. The summed E-state index contributed by atoms with van der Waals surface area (Å²) in [7, 11) is 3.09. The number of carbonyl (C=O) groups is 1. The Bertz CT molecular complexity index is 1560. The van der Waals surface area contributed by atoms with Gasteiger partial charge in [0.1, 0.15) is 16.9 Å². The second kappa shape index (κ2) is 8.40. The molecule has 0 bridgehead atoms. The van der Waals surface area contributed by atoms with Crippen molar-refractivity contribution in [1.29, 1.82) is 0 Å². The van der Waals surface area contributed by atoms with Crippen LogP contribution < -0.4 is 20.5 Å². The van der Waals surface area contributed by atoms with Crippen LogP contribution in [0, 0.1) is 6.92 Å². The van der Waals surface area contributed by atoms with Crippen molar-refractivity contribution in [2.75, 3.05) is 25.3 Å². The molecule has 1 amide bonds. The number of nitrogens with one attached hydrogen (secondary N) is 1. The number of hydrogen-bond acceptors (Lipinski definition) is 6. The largest absolute Gasteiger partial charge is 0.493 e. The molecule has 3 aromatic carbocycles. The van der Waals surface area contributed by atoms with Crippen LogP contribution in [0.25, 0.3) is 27.9 Å². The van der Waals surface area contributed by atoms with Gasteiger partial charge in [-0.3, -0.25) is 9.36 Å². The number of aryl methyl sites for hydroxylation is 1. The molecule has 3 N–H and O–H groups in total. The van der Waals surface area contributed by atoms with E-state index in [0.717, 1.165) is 11.3 Å². The van der Waals surface area contributed by atoms with E-state index in [4.69, 9.17) is 25.2 Å². The van der Waals surface area contributed by atoms with E-state index >= 15 is 0 Å². The first-order chi connectivity index (χ1) is 16.5. The third-order valence-electron chi connectivity index (χ3n) is 5.63. The van der Waals surface area contributed by atoms with E-state index in [1.165, 1.54) is 7.11 Å². The summed E-state index contributed by atoms with van der Waals surface area (Å²) in [5.74, 6) is 0.925. The quantitative estimate of drug-likeness (QED) is 0.399. The molecule has 0 fully saturated rings. The molecule has 0 saturated heterocycles. The number of fused-ring (bicyclic) bond motifs is 2. The average Bonchev–Trinajstić information content (AvgIpc) is 3.13. The van der Waals surface area contributed by atoms with Gasteiger partial charge in [0.05, 0.1) is 25.3 Å². The van der Waals surface area contributed by atoms with Crippen molar-refractivity contribution in [2.24, 2.45) is 0 Å². The monoisotopic (exact) mass is 453 g/mol. The normalized spacial score (nSPS) is 11.0. The maximum absolute atomic E-state index is 13.5. The fraction of sp³-hybridized carbons (Fsp3) is 0.115. The fourth-order valence-electron chi connectivity index (χ4n) is 4.02. The van der Waals surface area contributed by atoms with Gasteiger partial charge < -0.3 is 20.5 Å². The summed E-state index contributed by atoms with van der Waals surface area (Å²) in [5.41, 5.74) is 11.6. The predicted molar refractivity (Wildman–Crippen MR) is 133 cm³/mol. The van der Waals surface area contributed by atoms with Gasteiger partial charge in [-0.2, -0.15) is 0 Å². The Morgan fingerprint density at radius 1 is 0.912 bits per heavy atom. The maximum Gasteiger partial charge on any atom is 0.261 e. The van der Waals surface area contributed by atoms with Gasteiger partial charge in [0.2, 0.25) is 0 Å². The van der Waals surface area contributed by atoms with Gasteiger partial charge in [-0.25, -0.2) is 9.97 Å². The topological polar surface area (TPSA) is 104 Å². The lowest BCUT2D eigenvalue weighted by Gasteiger charge is -2.11. The summed E-state index contributed by atoms with van der Waals surface area (Å²) < 4.78 is 12.4. The van der Waals surface area contributed by atoms with Crippen molar-refractivity contribution >= 4 is 39.6 Å². The molecule has 5 aromatic rings. The molecule has 2 aromatic heterocycles. The number of anilines is 2. The molecule has 0 unspecified atom stereocenters. The average molecular weight is 454 g/mol. The Morgan fingerprint density at radius 2 is 1.65 bits per heavy atom. The second-order valence-corrected chi connectivity index (χ2v) is 7.84. The van der Waals surface area contributed by atoms with Crippen molar-refractivity contribution in [3.63, 3.8) is 0 Å². The summed E-state index contributed by atoms with van der Waals surface area (Å²) >= 11 is 0. The van der Waals surface area contributed by atoms with Gasteiger partial charge >= 0.3 is 0 Å². The van der Waals surface area contributed by atoms with E-state index in [9.17, 15) is 4.79 Å². The zero-order valence-corrected chi connectivity index (χ0v) is 19.0. The molecule has 8 heteroatoms. The van der Waals surface area contributed by atoms with Crippen LogP contribution in [-0.4, -0.2) is 34.7 Å². The van der Waals surface area contributed by atoms with Crippen molar-refractivity contribution in [2.45, 2.75) is 6.92 Å². The minimum absolute atomic E-state index is 0.254. The van der Waals surface area contributed by atoms with Gasteiger partial charge in [-0.15, -0.1) is 0 Å². The van der Waals surface area contributed by atoms with Crippen LogP contribution in [0.2, 0.25) is 0 Å². The lowest BCUT2D eigenvalue weighted by molar-refractivity contribution is 0.102. The van der Waals surface area contributed by atoms with E-state index < -0.39 is 5.91 Å². The van der Waals surface area contributed by atoms with E-state index in [1.807, 2.05) is 55.5 Å². The highest BCUT2D eigenvalue weighted by Gasteiger charge is 2.25. The number of para-hydroxylation sites is 2. The number of methoxy groups -OCH3 is 2. The van der Waals surface area contributed by atoms with Crippen LogP contribution in [0.5, 0.6) is 11.5 Å². The molecule has 0 saturated carbocycles. The minimum atomic E-state index is -0.397. The SMILES string of the molecule is COc1ccc(NC(=O)c2c(N)n(-c3cccc(C)c3)c3nc4ccccc4nc23)cc1OC. The molecule has 0 spiro atoms. The van der Waals surface area contributed by atoms with E-state index in [-0.39, 0.29) is 11.4 Å². The standard InChI is InChI=1S/C26H23N5O3/c1-15-7-6-8-17(13-15)31-24(27)22(23-25(31)30-19-10-5-4-9-18(19)29-23)26(32)28-16-11-12-20(33-2)21(14-16)34-3/h4-14H,27H2,1-3H3,(H,28,32). The molecule has 0 radical (unpaired) electrons. The van der Waals surface area contributed by atoms with Crippen LogP contribution >= 0.6 is 0 Å². The first kappa shape index (κ1) is 21.3. The number of nitrogen functional groups attached to an aromatic ring is 1. The number of hydrogen-bond donors (Lipinski definition) is 2. The number of benzene rings is 3. The highest BCUT2D eigenvalue weighted by molar-refractivity contribution is 6.16. The summed E-state index contributed by atoms with van der Waals surface area (Å²) in [5, 5.41) is 2.91. The molecule has 5 rings (SSSR count). The Labute approximate surface area is 196 Å². The molecule has 0 aliphatic heterocycles.